The van der Waals surface area contributed by atoms with Crippen molar-refractivity contribution in [3.05, 3.63) is 41.7 Å². The number of aromatic nitrogens is 3. The van der Waals surface area contributed by atoms with E-state index in [0.29, 0.717) is 0 Å². The number of pyridine rings is 1. The minimum Gasteiger partial charge on any atom is -0.326 e. The molecule has 0 unspecified atom stereocenters. The molecule has 0 bridgehead atoms. The van der Waals surface area contributed by atoms with Gasteiger partial charge in [0, 0.05) is 18.1 Å². The largest absolute Gasteiger partial charge is 0.326 e. The van der Waals surface area contributed by atoms with E-state index in [4.69, 9.17) is 0 Å². The number of hydrogen-bond donors (Lipinski definition) is 1. The van der Waals surface area contributed by atoms with Crippen LogP contribution in [0.3, 0.4) is 0 Å². The van der Waals surface area contributed by atoms with E-state index in [1.165, 1.54) is 24.1 Å². The molecule has 0 atom stereocenters. The van der Waals surface area contributed by atoms with Gasteiger partial charge < -0.3 is 9.88 Å². The fourth-order valence-corrected chi connectivity index (χ4v) is 2.58. The summed E-state index contributed by atoms with van der Waals surface area (Å²) in [5.74, 6) is 0.785. The molecule has 0 spiro atoms. The number of fused-ring (bicyclic) bond motifs is 1. The van der Waals surface area contributed by atoms with Crippen LogP contribution in [0.15, 0.2) is 24.7 Å². The number of carbonyl (C=O) groups is 1. The summed E-state index contributed by atoms with van der Waals surface area (Å²) < 4.78 is 1.82. The normalized spacial score (nSPS) is 13.8. The van der Waals surface area contributed by atoms with Crippen LogP contribution in [0.2, 0.25) is 0 Å². The van der Waals surface area contributed by atoms with Gasteiger partial charge >= 0.3 is 0 Å². The van der Waals surface area contributed by atoms with Gasteiger partial charge in [0.15, 0.2) is 0 Å². The lowest BCUT2D eigenvalue weighted by molar-refractivity contribution is -0.116. The molecule has 5 heteroatoms. The van der Waals surface area contributed by atoms with Gasteiger partial charge in [0.1, 0.15) is 12.4 Å². The Balaban J connectivity index is 1.68. The van der Waals surface area contributed by atoms with E-state index < -0.39 is 0 Å². The first-order chi connectivity index (χ1) is 9.72. The predicted octanol–water partition coefficient (Wildman–Crippen LogP) is 2.10. The highest BCUT2D eigenvalue weighted by atomic mass is 16.1. The summed E-state index contributed by atoms with van der Waals surface area (Å²) in [4.78, 5) is 20.6. The van der Waals surface area contributed by atoms with E-state index in [-0.39, 0.29) is 12.5 Å². The van der Waals surface area contributed by atoms with Crippen molar-refractivity contribution in [1.29, 1.82) is 0 Å². The van der Waals surface area contributed by atoms with E-state index in [1.54, 1.807) is 18.6 Å². The van der Waals surface area contributed by atoms with Crippen molar-refractivity contribution in [3.63, 3.8) is 0 Å². The van der Waals surface area contributed by atoms with Gasteiger partial charge in [0.25, 0.3) is 0 Å². The summed E-state index contributed by atoms with van der Waals surface area (Å²) in [6, 6.07) is 2.06. The maximum absolute atomic E-state index is 12.0. The van der Waals surface area contributed by atoms with Crippen LogP contribution in [0, 0.1) is 6.92 Å². The van der Waals surface area contributed by atoms with Crippen LogP contribution in [-0.2, 0) is 24.2 Å². The zero-order chi connectivity index (χ0) is 13.9. The number of rotatable bonds is 3. The van der Waals surface area contributed by atoms with Gasteiger partial charge in [-0.25, -0.2) is 4.98 Å². The molecule has 20 heavy (non-hydrogen) atoms. The minimum absolute atomic E-state index is 0.0522. The Bertz CT molecular complexity index is 633. The Hall–Kier alpha value is -2.17. The summed E-state index contributed by atoms with van der Waals surface area (Å²) >= 11 is 0. The SMILES string of the molecule is Cc1nccn1CC(=O)Nc1cnc2c(c1)CCCC2. The monoisotopic (exact) mass is 270 g/mol. The third-order valence-corrected chi connectivity index (χ3v) is 3.69. The summed E-state index contributed by atoms with van der Waals surface area (Å²) in [6.45, 7) is 2.16. The van der Waals surface area contributed by atoms with Crippen LogP contribution in [0.25, 0.3) is 0 Å². The Morgan fingerprint density at radius 3 is 3.00 bits per heavy atom. The van der Waals surface area contributed by atoms with Gasteiger partial charge in [0.05, 0.1) is 11.9 Å². The Morgan fingerprint density at radius 2 is 2.20 bits per heavy atom. The number of nitrogens with one attached hydrogen (secondary N) is 1. The molecule has 0 saturated carbocycles. The maximum atomic E-state index is 12.0. The zero-order valence-corrected chi connectivity index (χ0v) is 11.6. The first-order valence-corrected chi connectivity index (χ1v) is 6.98. The molecule has 104 valence electrons. The molecular weight excluding hydrogens is 252 g/mol. The number of imidazole rings is 1. The van der Waals surface area contributed by atoms with Crippen LogP contribution < -0.4 is 5.32 Å². The van der Waals surface area contributed by atoms with Crippen molar-refractivity contribution >= 4 is 11.6 Å². The van der Waals surface area contributed by atoms with Crippen LogP contribution in [0.1, 0.15) is 29.9 Å². The molecular formula is C15H18N4O. The fourth-order valence-electron chi connectivity index (χ4n) is 2.58. The van der Waals surface area contributed by atoms with Crippen molar-refractivity contribution in [3.8, 4) is 0 Å². The van der Waals surface area contributed by atoms with Crippen LogP contribution in [-0.4, -0.2) is 20.4 Å². The number of nitrogens with zero attached hydrogens (tertiary/aromatic N) is 3. The third kappa shape index (κ3) is 2.71. The van der Waals surface area contributed by atoms with Crippen molar-refractivity contribution in [2.75, 3.05) is 5.32 Å². The number of hydrogen-bond acceptors (Lipinski definition) is 3. The Kier molecular flexibility index (Phi) is 3.50. The third-order valence-electron chi connectivity index (χ3n) is 3.69. The van der Waals surface area contributed by atoms with Crippen molar-refractivity contribution < 1.29 is 4.79 Å². The second kappa shape index (κ2) is 5.45. The number of carbonyl (C=O) groups excluding carboxylic acids is 1. The average molecular weight is 270 g/mol. The highest BCUT2D eigenvalue weighted by molar-refractivity contribution is 5.90. The summed E-state index contributed by atoms with van der Waals surface area (Å²) in [6.07, 6.45) is 9.79. The minimum atomic E-state index is -0.0522. The van der Waals surface area contributed by atoms with Gasteiger partial charge in [-0.05, 0) is 44.2 Å². The lowest BCUT2D eigenvalue weighted by atomic mass is 9.96. The zero-order valence-electron chi connectivity index (χ0n) is 11.6. The smallest absolute Gasteiger partial charge is 0.244 e. The van der Waals surface area contributed by atoms with Gasteiger partial charge in [-0.15, -0.1) is 0 Å². The molecule has 1 aliphatic carbocycles. The topological polar surface area (TPSA) is 59.8 Å². The second-order valence-electron chi connectivity index (χ2n) is 5.19. The molecule has 0 aromatic carbocycles. The first kappa shape index (κ1) is 12.8. The van der Waals surface area contributed by atoms with Crippen molar-refractivity contribution in [1.82, 2.24) is 14.5 Å². The van der Waals surface area contributed by atoms with Crippen LogP contribution in [0.4, 0.5) is 5.69 Å². The highest BCUT2D eigenvalue weighted by Crippen LogP contribution is 2.21. The van der Waals surface area contributed by atoms with Crippen LogP contribution in [0.5, 0.6) is 0 Å². The standard InChI is InChI=1S/C15H18N4O/c1-11-16-6-7-19(11)10-15(20)18-13-8-12-4-2-3-5-14(12)17-9-13/h6-9H,2-5,10H2,1H3,(H,18,20). The van der Waals surface area contributed by atoms with E-state index in [2.05, 4.69) is 21.4 Å². The number of anilines is 1. The van der Waals surface area contributed by atoms with Gasteiger partial charge in [-0.1, -0.05) is 0 Å². The molecule has 0 aliphatic heterocycles. The molecule has 2 heterocycles. The summed E-state index contributed by atoms with van der Waals surface area (Å²) in [5.41, 5.74) is 3.24. The molecule has 3 rings (SSSR count). The highest BCUT2D eigenvalue weighted by Gasteiger charge is 2.12. The molecule has 0 saturated heterocycles. The van der Waals surface area contributed by atoms with Gasteiger partial charge in [-0.3, -0.25) is 9.78 Å². The molecule has 1 aliphatic rings. The van der Waals surface area contributed by atoms with E-state index >= 15 is 0 Å². The van der Waals surface area contributed by atoms with Gasteiger partial charge in [-0.2, -0.15) is 0 Å². The van der Waals surface area contributed by atoms with E-state index in [0.717, 1.165) is 24.4 Å². The lowest BCUT2D eigenvalue weighted by Crippen LogP contribution is -2.19. The lowest BCUT2D eigenvalue weighted by Gasteiger charge is -2.15. The predicted molar refractivity (Wildman–Crippen MR) is 76.5 cm³/mol. The summed E-state index contributed by atoms with van der Waals surface area (Å²) in [5, 5.41) is 2.91. The van der Waals surface area contributed by atoms with Crippen LogP contribution >= 0.6 is 0 Å². The molecule has 0 fully saturated rings. The quantitative estimate of drug-likeness (QED) is 0.929. The average Bonchev–Trinajstić information content (AvgIpc) is 2.84. The molecule has 1 N–H and O–H groups in total. The number of amides is 1. The van der Waals surface area contributed by atoms with E-state index in [9.17, 15) is 4.79 Å². The molecule has 2 aromatic rings. The Labute approximate surface area is 118 Å². The molecule has 2 aromatic heterocycles. The fraction of sp³-hybridized carbons (Fsp3) is 0.400. The summed E-state index contributed by atoms with van der Waals surface area (Å²) in [7, 11) is 0. The first-order valence-electron chi connectivity index (χ1n) is 6.98. The second-order valence-corrected chi connectivity index (χ2v) is 5.19. The number of aryl methyl sites for hydroxylation is 3. The molecule has 0 radical (unpaired) electrons. The van der Waals surface area contributed by atoms with Crippen molar-refractivity contribution in [2.45, 2.75) is 39.2 Å². The molecule has 5 nitrogen and oxygen atoms in total. The maximum Gasteiger partial charge on any atom is 0.244 e. The van der Waals surface area contributed by atoms with E-state index in [1.807, 2.05) is 11.5 Å². The van der Waals surface area contributed by atoms with Crippen molar-refractivity contribution in [2.24, 2.45) is 0 Å². The van der Waals surface area contributed by atoms with Gasteiger partial charge in [0.2, 0.25) is 5.91 Å². The molecule has 1 amide bonds. The Morgan fingerprint density at radius 1 is 1.35 bits per heavy atom.